The van der Waals surface area contributed by atoms with E-state index in [9.17, 15) is 14.9 Å². The molecule has 0 saturated carbocycles. The van der Waals surface area contributed by atoms with Crippen molar-refractivity contribution in [3.8, 4) is 0 Å². The monoisotopic (exact) mass is 241 g/mol. The maximum atomic E-state index is 11.2. The average molecular weight is 242 g/mol. The molecule has 1 aromatic rings. The van der Waals surface area contributed by atoms with E-state index in [1.807, 2.05) is 0 Å². The molecule has 0 aliphatic rings. The van der Waals surface area contributed by atoms with Gasteiger partial charge in [-0.3, -0.25) is 10.1 Å². The van der Waals surface area contributed by atoms with Crippen molar-refractivity contribution in [3.63, 3.8) is 0 Å². The van der Waals surface area contributed by atoms with Crippen LogP contribution in [0.4, 0.5) is 5.69 Å². The van der Waals surface area contributed by atoms with Gasteiger partial charge in [-0.05, 0) is 6.07 Å². The molecule has 1 aromatic carbocycles. The van der Waals surface area contributed by atoms with Crippen LogP contribution in [0.3, 0.4) is 0 Å². The Balaban J connectivity index is 3.36. The zero-order valence-corrected chi connectivity index (χ0v) is 9.15. The van der Waals surface area contributed by atoms with Crippen molar-refractivity contribution < 1.29 is 14.5 Å². The smallest absolute Gasteiger partial charge is 0.338 e. The Morgan fingerprint density at radius 1 is 1.56 bits per heavy atom. The molecule has 1 rings (SSSR count). The van der Waals surface area contributed by atoms with Gasteiger partial charge in [-0.15, -0.1) is 0 Å². The second kappa shape index (κ2) is 4.76. The Kier molecular flexibility index (Phi) is 3.63. The standard InChI is InChI=1S/C10H8ClNO4/c1-6(10(13)16-2)9-7(11)4-3-5-8(9)12(14)15/h3-5H,1H2,2H3. The van der Waals surface area contributed by atoms with E-state index in [-0.39, 0.29) is 21.8 Å². The van der Waals surface area contributed by atoms with Crippen LogP contribution in [0, 0.1) is 10.1 Å². The number of halogens is 1. The van der Waals surface area contributed by atoms with Gasteiger partial charge in [0.15, 0.2) is 0 Å². The van der Waals surface area contributed by atoms with Crippen LogP contribution in [-0.4, -0.2) is 18.0 Å². The highest BCUT2D eigenvalue weighted by Gasteiger charge is 2.23. The number of nitro benzene ring substituents is 1. The molecule has 0 radical (unpaired) electrons. The molecule has 0 aromatic heterocycles. The Morgan fingerprint density at radius 3 is 2.69 bits per heavy atom. The Bertz CT molecular complexity index is 470. The predicted molar refractivity (Wildman–Crippen MR) is 59.2 cm³/mol. The van der Waals surface area contributed by atoms with Gasteiger partial charge < -0.3 is 4.74 Å². The summed E-state index contributed by atoms with van der Waals surface area (Å²) in [5, 5.41) is 10.8. The molecule has 6 heteroatoms. The van der Waals surface area contributed by atoms with E-state index in [0.717, 1.165) is 7.11 Å². The third-order valence-corrected chi connectivity index (χ3v) is 2.24. The number of carbonyl (C=O) groups excluding carboxylic acids is 1. The fourth-order valence-electron chi connectivity index (χ4n) is 1.19. The molecule has 0 spiro atoms. The van der Waals surface area contributed by atoms with Crippen LogP contribution in [0.5, 0.6) is 0 Å². The number of nitrogens with zero attached hydrogens (tertiary/aromatic N) is 1. The second-order valence-electron chi connectivity index (χ2n) is 2.86. The lowest BCUT2D eigenvalue weighted by Crippen LogP contribution is -2.05. The van der Waals surface area contributed by atoms with Crippen LogP contribution in [0.25, 0.3) is 5.57 Å². The van der Waals surface area contributed by atoms with Crippen LogP contribution in [0.15, 0.2) is 24.8 Å². The third kappa shape index (κ3) is 2.20. The van der Waals surface area contributed by atoms with E-state index in [2.05, 4.69) is 11.3 Å². The average Bonchev–Trinajstić information content (AvgIpc) is 2.26. The maximum Gasteiger partial charge on any atom is 0.338 e. The van der Waals surface area contributed by atoms with Gasteiger partial charge in [0.05, 0.1) is 28.2 Å². The minimum Gasteiger partial charge on any atom is -0.465 e. The zero-order chi connectivity index (χ0) is 12.3. The van der Waals surface area contributed by atoms with Gasteiger partial charge >= 0.3 is 5.97 Å². The number of nitro groups is 1. The molecule has 84 valence electrons. The highest BCUT2D eigenvalue weighted by molar-refractivity contribution is 6.35. The van der Waals surface area contributed by atoms with Crippen molar-refractivity contribution in [2.24, 2.45) is 0 Å². The molecule has 0 amide bonds. The Morgan fingerprint density at radius 2 is 2.19 bits per heavy atom. The molecule has 0 aliphatic heterocycles. The number of methoxy groups -OCH3 is 1. The minimum atomic E-state index is -0.754. The lowest BCUT2D eigenvalue weighted by Gasteiger charge is -2.06. The Hall–Kier alpha value is -1.88. The van der Waals surface area contributed by atoms with Crippen molar-refractivity contribution >= 4 is 28.8 Å². The number of hydrogen-bond acceptors (Lipinski definition) is 4. The number of hydrogen-bond donors (Lipinski definition) is 0. The summed E-state index contributed by atoms with van der Waals surface area (Å²) in [6, 6.07) is 4.11. The summed E-state index contributed by atoms with van der Waals surface area (Å²) < 4.78 is 4.44. The van der Waals surface area contributed by atoms with E-state index in [0.29, 0.717) is 0 Å². The summed E-state index contributed by atoms with van der Waals surface area (Å²) in [5.41, 5.74) is -0.427. The van der Waals surface area contributed by atoms with Gasteiger partial charge in [0.1, 0.15) is 0 Å². The van der Waals surface area contributed by atoms with Crippen LogP contribution < -0.4 is 0 Å². The normalized spacial score (nSPS) is 9.62. The highest BCUT2D eigenvalue weighted by Crippen LogP contribution is 2.32. The lowest BCUT2D eigenvalue weighted by molar-refractivity contribution is -0.385. The largest absolute Gasteiger partial charge is 0.465 e. The first-order valence-electron chi connectivity index (χ1n) is 4.19. The summed E-state index contributed by atoms with van der Waals surface area (Å²) >= 11 is 5.80. The maximum absolute atomic E-state index is 11.2. The van der Waals surface area contributed by atoms with Crippen molar-refractivity contribution in [1.29, 1.82) is 0 Å². The van der Waals surface area contributed by atoms with Gasteiger partial charge in [0.25, 0.3) is 5.69 Å². The summed E-state index contributed by atoms with van der Waals surface area (Å²) in [6.07, 6.45) is 0. The summed E-state index contributed by atoms with van der Waals surface area (Å²) in [6.45, 7) is 3.44. The summed E-state index contributed by atoms with van der Waals surface area (Å²) in [7, 11) is 1.16. The Labute approximate surface area is 96.4 Å². The van der Waals surface area contributed by atoms with E-state index < -0.39 is 10.9 Å². The highest BCUT2D eigenvalue weighted by atomic mass is 35.5. The first kappa shape index (κ1) is 12.2. The van der Waals surface area contributed by atoms with Gasteiger partial charge in [-0.1, -0.05) is 24.2 Å². The predicted octanol–water partition coefficient (Wildman–Crippen LogP) is 2.43. The molecular formula is C10H8ClNO4. The molecular weight excluding hydrogens is 234 g/mol. The lowest BCUT2D eigenvalue weighted by atomic mass is 10.1. The van der Waals surface area contributed by atoms with Crippen LogP contribution >= 0.6 is 11.6 Å². The molecule has 0 bridgehead atoms. The summed E-state index contributed by atoms with van der Waals surface area (Å²) in [4.78, 5) is 21.3. The number of benzene rings is 1. The second-order valence-corrected chi connectivity index (χ2v) is 3.27. The SMILES string of the molecule is C=C(C(=O)OC)c1c(Cl)cccc1[N+](=O)[O-]. The van der Waals surface area contributed by atoms with Gasteiger partial charge in [-0.25, -0.2) is 4.79 Å². The molecule has 0 heterocycles. The van der Waals surface area contributed by atoms with Gasteiger partial charge in [0.2, 0.25) is 0 Å². The quantitative estimate of drug-likeness (QED) is 0.353. The number of ether oxygens (including phenoxy) is 1. The number of carbonyl (C=O) groups is 1. The van der Waals surface area contributed by atoms with Crippen LogP contribution in [0.1, 0.15) is 5.56 Å². The minimum absolute atomic E-state index is 0.0129. The van der Waals surface area contributed by atoms with Crippen molar-refractivity contribution in [1.82, 2.24) is 0 Å². The van der Waals surface area contributed by atoms with Gasteiger partial charge in [-0.2, -0.15) is 0 Å². The van der Waals surface area contributed by atoms with Crippen LogP contribution in [-0.2, 0) is 9.53 Å². The fraction of sp³-hybridized carbons (Fsp3) is 0.100. The van der Waals surface area contributed by atoms with E-state index in [4.69, 9.17) is 11.6 Å². The topological polar surface area (TPSA) is 69.4 Å². The third-order valence-electron chi connectivity index (χ3n) is 1.92. The zero-order valence-electron chi connectivity index (χ0n) is 8.40. The molecule has 16 heavy (non-hydrogen) atoms. The number of rotatable bonds is 3. The fourth-order valence-corrected chi connectivity index (χ4v) is 1.47. The molecule has 0 atom stereocenters. The molecule has 0 unspecified atom stereocenters. The van der Waals surface area contributed by atoms with E-state index in [1.54, 1.807) is 0 Å². The first-order valence-corrected chi connectivity index (χ1v) is 4.57. The summed E-state index contributed by atoms with van der Waals surface area (Å²) in [5.74, 6) is -0.754. The van der Waals surface area contributed by atoms with E-state index >= 15 is 0 Å². The molecule has 0 aliphatic carbocycles. The van der Waals surface area contributed by atoms with Crippen molar-refractivity contribution in [2.75, 3.05) is 7.11 Å². The molecule has 0 N–H and O–H groups in total. The number of esters is 1. The van der Waals surface area contributed by atoms with Crippen molar-refractivity contribution in [3.05, 3.63) is 45.5 Å². The molecule has 0 fully saturated rings. The van der Waals surface area contributed by atoms with Crippen molar-refractivity contribution in [2.45, 2.75) is 0 Å². The first-order chi connectivity index (χ1) is 7.49. The van der Waals surface area contributed by atoms with Crippen LogP contribution in [0.2, 0.25) is 5.02 Å². The molecule has 5 nitrogen and oxygen atoms in total. The van der Waals surface area contributed by atoms with Gasteiger partial charge in [0, 0.05) is 6.07 Å². The molecule has 0 saturated heterocycles. The van der Waals surface area contributed by atoms with E-state index in [1.165, 1.54) is 18.2 Å².